The van der Waals surface area contributed by atoms with Crippen molar-refractivity contribution in [3.05, 3.63) is 0 Å². The molecular formula is C16H32N2O. The van der Waals surface area contributed by atoms with Crippen molar-refractivity contribution in [3.8, 4) is 0 Å². The molecule has 1 aliphatic rings. The summed E-state index contributed by atoms with van der Waals surface area (Å²) >= 11 is 0. The van der Waals surface area contributed by atoms with E-state index >= 15 is 0 Å². The van der Waals surface area contributed by atoms with Crippen molar-refractivity contribution in [2.45, 2.75) is 83.2 Å². The second kappa shape index (κ2) is 10.4. The van der Waals surface area contributed by atoms with Gasteiger partial charge in [-0.2, -0.15) is 0 Å². The molecule has 0 amide bonds. The molecule has 1 aliphatic carbocycles. The minimum absolute atomic E-state index is 0.0845. The molecule has 1 fully saturated rings. The van der Waals surface area contributed by atoms with Crippen LogP contribution in [0.1, 0.15) is 71.1 Å². The number of unbranched alkanes of at least 4 members (excludes halogenated alkanes) is 1. The first-order valence-corrected chi connectivity index (χ1v) is 8.15. The van der Waals surface area contributed by atoms with Crippen LogP contribution in [0.25, 0.3) is 0 Å². The van der Waals surface area contributed by atoms with E-state index in [9.17, 15) is 4.79 Å². The molecule has 2 N–H and O–H groups in total. The van der Waals surface area contributed by atoms with Gasteiger partial charge < -0.3 is 10.6 Å². The molecule has 0 aromatic rings. The SMILES string of the molecule is CNCCCCC(NC1CCCCCCC1)C(C)=O. The number of carbonyl (C=O) groups is 1. The highest BCUT2D eigenvalue weighted by Crippen LogP contribution is 2.18. The highest BCUT2D eigenvalue weighted by molar-refractivity contribution is 5.81. The van der Waals surface area contributed by atoms with Gasteiger partial charge in [-0.25, -0.2) is 0 Å². The molecule has 0 spiro atoms. The van der Waals surface area contributed by atoms with Crippen molar-refractivity contribution in [1.82, 2.24) is 10.6 Å². The molecule has 3 nitrogen and oxygen atoms in total. The van der Waals surface area contributed by atoms with Gasteiger partial charge in [0.1, 0.15) is 5.78 Å². The number of carbonyl (C=O) groups excluding carboxylic acids is 1. The molecule has 0 radical (unpaired) electrons. The quantitative estimate of drug-likeness (QED) is 0.665. The average molecular weight is 268 g/mol. The number of Topliss-reactive ketones (excluding diaryl/α,β-unsaturated/α-hetero) is 1. The monoisotopic (exact) mass is 268 g/mol. The lowest BCUT2D eigenvalue weighted by Gasteiger charge is -2.26. The highest BCUT2D eigenvalue weighted by atomic mass is 16.1. The maximum Gasteiger partial charge on any atom is 0.146 e. The van der Waals surface area contributed by atoms with Gasteiger partial charge in [0.25, 0.3) is 0 Å². The van der Waals surface area contributed by atoms with Gasteiger partial charge >= 0.3 is 0 Å². The molecule has 0 aromatic heterocycles. The number of hydrogen-bond acceptors (Lipinski definition) is 3. The summed E-state index contributed by atoms with van der Waals surface area (Å²) in [5.41, 5.74) is 0. The Morgan fingerprint density at radius 1 is 1.11 bits per heavy atom. The fourth-order valence-corrected chi connectivity index (χ4v) is 2.96. The molecule has 1 atom stereocenters. The van der Waals surface area contributed by atoms with Crippen LogP contribution in [-0.4, -0.2) is 31.5 Å². The summed E-state index contributed by atoms with van der Waals surface area (Å²) < 4.78 is 0. The van der Waals surface area contributed by atoms with Crippen LogP contribution >= 0.6 is 0 Å². The Hall–Kier alpha value is -0.410. The Morgan fingerprint density at radius 2 is 1.74 bits per heavy atom. The summed E-state index contributed by atoms with van der Waals surface area (Å²) in [4.78, 5) is 11.8. The summed E-state index contributed by atoms with van der Waals surface area (Å²) in [7, 11) is 1.98. The molecule has 0 bridgehead atoms. The van der Waals surface area contributed by atoms with E-state index in [2.05, 4.69) is 10.6 Å². The maximum absolute atomic E-state index is 11.8. The fraction of sp³-hybridized carbons (Fsp3) is 0.938. The van der Waals surface area contributed by atoms with E-state index in [0.29, 0.717) is 11.8 Å². The fourth-order valence-electron chi connectivity index (χ4n) is 2.96. The van der Waals surface area contributed by atoms with E-state index in [1.807, 2.05) is 7.05 Å². The van der Waals surface area contributed by atoms with Gasteiger partial charge in [0.15, 0.2) is 0 Å². The second-order valence-electron chi connectivity index (χ2n) is 5.97. The van der Waals surface area contributed by atoms with Gasteiger partial charge in [0.2, 0.25) is 0 Å². The molecular weight excluding hydrogens is 236 g/mol. The Balaban J connectivity index is 2.31. The lowest BCUT2D eigenvalue weighted by atomic mass is 9.95. The van der Waals surface area contributed by atoms with Gasteiger partial charge in [-0.05, 0) is 46.2 Å². The first kappa shape index (κ1) is 16.6. The summed E-state index contributed by atoms with van der Waals surface area (Å²) in [6, 6.07) is 0.653. The standard InChI is InChI=1S/C16H32N2O/c1-14(19)16(12-8-9-13-17-2)18-15-10-6-4-3-5-7-11-15/h15-18H,3-13H2,1-2H3. The third-order valence-corrected chi connectivity index (χ3v) is 4.20. The summed E-state index contributed by atoms with van der Waals surface area (Å²) in [5.74, 6) is 0.312. The van der Waals surface area contributed by atoms with Crippen molar-refractivity contribution in [1.29, 1.82) is 0 Å². The molecule has 19 heavy (non-hydrogen) atoms. The Kier molecular flexibility index (Phi) is 9.10. The van der Waals surface area contributed by atoms with Crippen LogP contribution in [0, 0.1) is 0 Å². The lowest BCUT2D eigenvalue weighted by molar-refractivity contribution is -0.119. The van der Waals surface area contributed by atoms with Crippen LogP contribution in [0.15, 0.2) is 0 Å². The van der Waals surface area contributed by atoms with Crippen LogP contribution in [0.5, 0.6) is 0 Å². The normalized spacial score (nSPS) is 19.7. The Morgan fingerprint density at radius 3 is 2.32 bits per heavy atom. The van der Waals surface area contributed by atoms with Crippen LogP contribution < -0.4 is 10.6 Å². The van der Waals surface area contributed by atoms with Crippen molar-refractivity contribution in [3.63, 3.8) is 0 Å². The van der Waals surface area contributed by atoms with E-state index in [1.54, 1.807) is 6.92 Å². The third-order valence-electron chi connectivity index (χ3n) is 4.20. The summed E-state index contributed by atoms with van der Waals surface area (Å²) in [6.45, 7) is 2.78. The van der Waals surface area contributed by atoms with Gasteiger partial charge in [0, 0.05) is 6.04 Å². The van der Waals surface area contributed by atoms with E-state index in [-0.39, 0.29) is 6.04 Å². The van der Waals surface area contributed by atoms with Gasteiger partial charge in [-0.15, -0.1) is 0 Å². The Labute approximate surface area is 118 Å². The predicted molar refractivity (Wildman–Crippen MR) is 81.5 cm³/mol. The molecule has 0 saturated heterocycles. The van der Waals surface area contributed by atoms with Crippen LogP contribution in [0.2, 0.25) is 0 Å². The molecule has 1 rings (SSSR count). The summed E-state index contributed by atoms with van der Waals surface area (Å²) in [6.07, 6.45) is 12.6. The largest absolute Gasteiger partial charge is 0.320 e. The van der Waals surface area contributed by atoms with Crippen molar-refractivity contribution in [2.75, 3.05) is 13.6 Å². The number of ketones is 1. The molecule has 1 unspecified atom stereocenters. The number of rotatable bonds is 8. The molecule has 0 aromatic carbocycles. The zero-order valence-corrected chi connectivity index (χ0v) is 12.8. The zero-order chi connectivity index (χ0) is 13.9. The Bertz CT molecular complexity index is 235. The van der Waals surface area contributed by atoms with Crippen molar-refractivity contribution >= 4 is 5.78 Å². The van der Waals surface area contributed by atoms with Gasteiger partial charge in [0.05, 0.1) is 6.04 Å². The van der Waals surface area contributed by atoms with Crippen LogP contribution in [-0.2, 0) is 4.79 Å². The predicted octanol–water partition coefficient (Wildman–Crippen LogP) is 3.04. The first-order valence-electron chi connectivity index (χ1n) is 8.15. The van der Waals surface area contributed by atoms with Crippen LogP contribution in [0.4, 0.5) is 0 Å². The smallest absolute Gasteiger partial charge is 0.146 e. The van der Waals surface area contributed by atoms with Crippen molar-refractivity contribution < 1.29 is 4.79 Å². The number of hydrogen-bond donors (Lipinski definition) is 2. The molecule has 1 saturated carbocycles. The lowest BCUT2D eigenvalue weighted by Crippen LogP contribution is -2.42. The van der Waals surface area contributed by atoms with E-state index < -0.39 is 0 Å². The minimum Gasteiger partial charge on any atom is -0.320 e. The minimum atomic E-state index is 0.0845. The molecule has 3 heteroatoms. The van der Waals surface area contributed by atoms with E-state index in [1.165, 1.54) is 44.9 Å². The first-order chi connectivity index (χ1) is 9.24. The molecule has 0 heterocycles. The third kappa shape index (κ3) is 7.68. The van der Waals surface area contributed by atoms with Gasteiger partial charge in [-0.3, -0.25) is 4.79 Å². The number of nitrogens with one attached hydrogen (secondary N) is 2. The van der Waals surface area contributed by atoms with Gasteiger partial charge in [-0.1, -0.05) is 38.5 Å². The molecule has 0 aliphatic heterocycles. The van der Waals surface area contributed by atoms with E-state index in [0.717, 1.165) is 25.8 Å². The van der Waals surface area contributed by atoms with Crippen molar-refractivity contribution in [2.24, 2.45) is 0 Å². The zero-order valence-electron chi connectivity index (χ0n) is 12.8. The van der Waals surface area contributed by atoms with E-state index in [4.69, 9.17) is 0 Å². The maximum atomic E-state index is 11.8. The highest BCUT2D eigenvalue weighted by Gasteiger charge is 2.19. The molecule has 112 valence electrons. The second-order valence-corrected chi connectivity index (χ2v) is 5.97. The van der Waals surface area contributed by atoms with Crippen LogP contribution in [0.3, 0.4) is 0 Å². The average Bonchev–Trinajstić information content (AvgIpc) is 2.35. The topological polar surface area (TPSA) is 41.1 Å². The summed E-state index contributed by atoms with van der Waals surface area (Å²) in [5, 5.41) is 6.79.